The number of benzene rings is 3. The first kappa shape index (κ1) is 15.8. The molecular weight excluding hydrogens is 296 g/mol. The molecule has 3 nitrogen and oxygen atoms in total. The molecule has 0 N–H and O–H groups in total. The van der Waals surface area contributed by atoms with Gasteiger partial charge in [-0.3, -0.25) is 5.01 Å². The smallest absolute Gasteiger partial charge is 0.119 e. The number of hydrazone groups is 1. The summed E-state index contributed by atoms with van der Waals surface area (Å²) in [6.45, 7) is 0.705. The zero-order valence-corrected chi connectivity index (χ0v) is 13.7. The first-order valence-electron chi connectivity index (χ1n) is 7.90. The van der Waals surface area contributed by atoms with Gasteiger partial charge in [0.15, 0.2) is 0 Å². The molecule has 0 atom stereocenters. The summed E-state index contributed by atoms with van der Waals surface area (Å²) >= 11 is 0. The van der Waals surface area contributed by atoms with E-state index in [0.717, 1.165) is 17.0 Å². The van der Waals surface area contributed by atoms with Crippen LogP contribution in [-0.4, -0.2) is 13.3 Å². The van der Waals surface area contributed by atoms with Gasteiger partial charge in [-0.05, 0) is 35.4 Å². The summed E-state index contributed by atoms with van der Waals surface area (Å²) in [4.78, 5) is 0. The Kier molecular flexibility index (Phi) is 5.25. The van der Waals surface area contributed by atoms with Crippen molar-refractivity contribution < 1.29 is 4.74 Å². The van der Waals surface area contributed by atoms with Gasteiger partial charge in [-0.1, -0.05) is 60.7 Å². The molecule has 24 heavy (non-hydrogen) atoms. The molecule has 120 valence electrons. The summed E-state index contributed by atoms with van der Waals surface area (Å²) in [7, 11) is 1.67. The Labute approximate surface area is 142 Å². The van der Waals surface area contributed by atoms with Crippen LogP contribution < -0.4 is 9.75 Å². The van der Waals surface area contributed by atoms with Crippen molar-refractivity contribution in [2.24, 2.45) is 5.10 Å². The standard InChI is InChI=1S/C21H20N2O/c1-24-21-14-12-20(13-15-21)23(17-19-10-6-3-7-11-19)22-16-18-8-4-2-5-9-18/h2-16H,17H2,1H3/b22-16+. The van der Waals surface area contributed by atoms with Gasteiger partial charge >= 0.3 is 0 Å². The van der Waals surface area contributed by atoms with Crippen LogP contribution in [0.5, 0.6) is 5.75 Å². The number of hydrogen-bond donors (Lipinski definition) is 0. The lowest BCUT2D eigenvalue weighted by atomic mass is 10.2. The lowest BCUT2D eigenvalue weighted by molar-refractivity contribution is 0.415. The molecule has 0 amide bonds. The van der Waals surface area contributed by atoms with E-state index in [1.165, 1.54) is 5.56 Å². The fraction of sp³-hybridized carbons (Fsp3) is 0.0952. The summed E-state index contributed by atoms with van der Waals surface area (Å²) in [5.74, 6) is 0.838. The summed E-state index contributed by atoms with van der Waals surface area (Å²) in [5, 5.41) is 6.67. The van der Waals surface area contributed by atoms with Crippen LogP contribution in [0, 0.1) is 0 Å². The van der Waals surface area contributed by atoms with E-state index in [1.807, 2.05) is 84.0 Å². The van der Waals surface area contributed by atoms with Crippen LogP contribution in [0.4, 0.5) is 5.69 Å². The molecule has 0 saturated carbocycles. The predicted molar refractivity (Wildman–Crippen MR) is 99.7 cm³/mol. The molecule has 0 aromatic heterocycles. The number of hydrogen-bond acceptors (Lipinski definition) is 3. The van der Waals surface area contributed by atoms with Crippen LogP contribution in [0.15, 0.2) is 90.0 Å². The van der Waals surface area contributed by atoms with Gasteiger partial charge in [-0.2, -0.15) is 5.10 Å². The zero-order valence-electron chi connectivity index (χ0n) is 13.7. The number of anilines is 1. The molecule has 0 aliphatic rings. The number of rotatable bonds is 6. The third-order valence-electron chi connectivity index (χ3n) is 3.69. The van der Waals surface area contributed by atoms with Gasteiger partial charge in [0.05, 0.1) is 25.6 Å². The zero-order chi connectivity index (χ0) is 16.6. The van der Waals surface area contributed by atoms with Gasteiger partial charge in [0.25, 0.3) is 0 Å². The maximum absolute atomic E-state index is 5.24. The minimum atomic E-state index is 0.705. The number of methoxy groups -OCH3 is 1. The van der Waals surface area contributed by atoms with Gasteiger partial charge in [-0.25, -0.2) is 0 Å². The number of nitrogens with zero attached hydrogens (tertiary/aromatic N) is 2. The normalized spacial score (nSPS) is 10.7. The van der Waals surface area contributed by atoms with Crippen LogP contribution >= 0.6 is 0 Å². The molecule has 3 aromatic rings. The molecule has 0 heterocycles. The van der Waals surface area contributed by atoms with E-state index in [9.17, 15) is 0 Å². The molecule has 0 saturated heterocycles. The van der Waals surface area contributed by atoms with E-state index in [0.29, 0.717) is 6.54 Å². The molecule has 3 aromatic carbocycles. The van der Waals surface area contributed by atoms with E-state index < -0.39 is 0 Å². The summed E-state index contributed by atoms with van der Waals surface area (Å²) < 4.78 is 5.24. The summed E-state index contributed by atoms with van der Waals surface area (Å²) in [6.07, 6.45) is 1.88. The maximum Gasteiger partial charge on any atom is 0.119 e. The van der Waals surface area contributed by atoms with Crippen molar-refractivity contribution >= 4 is 11.9 Å². The molecular formula is C21H20N2O. The quantitative estimate of drug-likeness (QED) is 0.485. The fourth-order valence-electron chi connectivity index (χ4n) is 2.38. The molecule has 0 bridgehead atoms. The Balaban J connectivity index is 1.86. The minimum absolute atomic E-state index is 0.705. The molecule has 0 aliphatic carbocycles. The number of ether oxygens (including phenoxy) is 1. The second-order valence-corrected chi connectivity index (χ2v) is 5.40. The Morgan fingerprint density at radius 3 is 2.08 bits per heavy atom. The highest BCUT2D eigenvalue weighted by molar-refractivity contribution is 5.80. The largest absolute Gasteiger partial charge is 0.497 e. The average molecular weight is 316 g/mol. The predicted octanol–water partition coefficient (Wildman–Crippen LogP) is 4.74. The Morgan fingerprint density at radius 2 is 1.46 bits per heavy atom. The van der Waals surface area contributed by atoms with E-state index in [1.54, 1.807) is 7.11 Å². The van der Waals surface area contributed by atoms with E-state index in [4.69, 9.17) is 4.74 Å². The van der Waals surface area contributed by atoms with Crippen molar-refractivity contribution in [3.05, 3.63) is 96.1 Å². The monoisotopic (exact) mass is 316 g/mol. The first-order valence-corrected chi connectivity index (χ1v) is 7.90. The maximum atomic E-state index is 5.24. The molecule has 3 rings (SSSR count). The van der Waals surface area contributed by atoms with Gasteiger partial charge in [-0.15, -0.1) is 0 Å². The molecule has 0 fully saturated rings. The van der Waals surface area contributed by atoms with Crippen LogP contribution in [0.2, 0.25) is 0 Å². The van der Waals surface area contributed by atoms with Crippen molar-refractivity contribution in [1.29, 1.82) is 0 Å². The van der Waals surface area contributed by atoms with Crippen molar-refractivity contribution in [3.8, 4) is 5.75 Å². The highest BCUT2D eigenvalue weighted by atomic mass is 16.5. The van der Waals surface area contributed by atoms with Crippen molar-refractivity contribution in [3.63, 3.8) is 0 Å². The van der Waals surface area contributed by atoms with Gasteiger partial charge in [0.1, 0.15) is 5.75 Å². The average Bonchev–Trinajstić information content (AvgIpc) is 2.67. The molecule has 0 aliphatic heterocycles. The Morgan fingerprint density at radius 1 is 0.833 bits per heavy atom. The summed E-state index contributed by atoms with van der Waals surface area (Å²) in [6, 6.07) is 28.4. The van der Waals surface area contributed by atoms with Crippen LogP contribution in [0.3, 0.4) is 0 Å². The molecule has 0 unspecified atom stereocenters. The lowest BCUT2D eigenvalue weighted by Crippen LogP contribution is -2.16. The highest BCUT2D eigenvalue weighted by Gasteiger charge is 2.06. The van der Waals surface area contributed by atoms with Crippen molar-refractivity contribution in [1.82, 2.24) is 0 Å². The van der Waals surface area contributed by atoms with Crippen LogP contribution in [0.25, 0.3) is 0 Å². The second-order valence-electron chi connectivity index (χ2n) is 5.40. The third-order valence-corrected chi connectivity index (χ3v) is 3.69. The molecule has 0 radical (unpaired) electrons. The SMILES string of the molecule is COc1ccc(N(Cc2ccccc2)/N=C/c2ccccc2)cc1. The van der Waals surface area contributed by atoms with Crippen LogP contribution in [0.1, 0.15) is 11.1 Å². The summed E-state index contributed by atoms with van der Waals surface area (Å²) in [5.41, 5.74) is 3.30. The fourth-order valence-corrected chi connectivity index (χ4v) is 2.38. The molecule has 3 heteroatoms. The van der Waals surface area contributed by atoms with Gasteiger partial charge in [0.2, 0.25) is 0 Å². The van der Waals surface area contributed by atoms with Gasteiger partial charge < -0.3 is 4.74 Å². The lowest BCUT2D eigenvalue weighted by Gasteiger charge is -2.19. The second kappa shape index (κ2) is 7.97. The highest BCUT2D eigenvalue weighted by Crippen LogP contribution is 2.21. The van der Waals surface area contributed by atoms with Crippen molar-refractivity contribution in [2.45, 2.75) is 6.54 Å². The van der Waals surface area contributed by atoms with Crippen molar-refractivity contribution in [2.75, 3.05) is 12.1 Å². The van der Waals surface area contributed by atoms with E-state index in [-0.39, 0.29) is 0 Å². The Hall–Kier alpha value is -3.07. The van der Waals surface area contributed by atoms with Crippen LogP contribution in [-0.2, 0) is 6.54 Å². The topological polar surface area (TPSA) is 24.8 Å². The van der Waals surface area contributed by atoms with Gasteiger partial charge in [0, 0.05) is 0 Å². The Bertz CT molecular complexity index is 768. The van der Waals surface area contributed by atoms with E-state index >= 15 is 0 Å². The first-order chi connectivity index (χ1) is 11.8. The minimum Gasteiger partial charge on any atom is -0.497 e. The third kappa shape index (κ3) is 4.23. The molecule has 0 spiro atoms. The van der Waals surface area contributed by atoms with E-state index in [2.05, 4.69) is 17.2 Å².